The zero-order valence-corrected chi connectivity index (χ0v) is 15.5. The third kappa shape index (κ3) is 2.50. The van der Waals surface area contributed by atoms with Crippen molar-refractivity contribution in [1.29, 1.82) is 0 Å². The van der Waals surface area contributed by atoms with E-state index in [0.717, 1.165) is 0 Å². The zero-order valence-electron chi connectivity index (χ0n) is 15.5. The van der Waals surface area contributed by atoms with Gasteiger partial charge in [0.15, 0.2) is 11.5 Å². The molecule has 9 heteroatoms. The van der Waals surface area contributed by atoms with E-state index >= 15 is 0 Å². The summed E-state index contributed by atoms with van der Waals surface area (Å²) in [7, 11) is 7.41. The number of aryl methyl sites for hydroxylation is 1. The Kier molecular flexibility index (Phi) is 4.52. The Morgan fingerprint density at radius 3 is 2.00 bits per heavy atom. The fraction of sp³-hybridized carbons (Fsp3) is 0.278. The molecule has 9 nitrogen and oxygen atoms in total. The first-order valence-electron chi connectivity index (χ1n) is 7.87. The maximum atomic E-state index is 13.2. The number of benzene rings is 2. The summed E-state index contributed by atoms with van der Waals surface area (Å²) >= 11 is 0. The molecule has 0 fully saturated rings. The highest BCUT2D eigenvalue weighted by Crippen LogP contribution is 2.50. The molecule has 2 aromatic carbocycles. The lowest BCUT2D eigenvalue weighted by Crippen LogP contribution is -2.13. The van der Waals surface area contributed by atoms with Crippen LogP contribution in [0.5, 0.6) is 23.0 Å². The minimum absolute atomic E-state index is 0.122. The Balaban J connectivity index is 2.68. The van der Waals surface area contributed by atoms with E-state index in [4.69, 9.17) is 18.9 Å². The summed E-state index contributed by atoms with van der Waals surface area (Å²) in [5, 5.41) is 11.7. The molecule has 0 aliphatic carbocycles. The van der Waals surface area contributed by atoms with Crippen LogP contribution in [0.25, 0.3) is 21.8 Å². The highest BCUT2D eigenvalue weighted by molar-refractivity contribution is 6.03. The second-order valence-electron chi connectivity index (χ2n) is 5.70. The molecule has 0 unspecified atom stereocenters. The Hall–Kier alpha value is -3.49. The van der Waals surface area contributed by atoms with E-state index in [0.29, 0.717) is 16.4 Å². The van der Waals surface area contributed by atoms with Gasteiger partial charge in [-0.15, -0.1) is 0 Å². The van der Waals surface area contributed by atoms with E-state index < -0.39 is 4.92 Å². The minimum Gasteiger partial charge on any atom is -0.492 e. The smallest absolute Gasteiger partial charge is 0.271 e. The standard InChI is InChI=1S/C18H18N2O7/c1-19-11-8-9(20(22)23)6-7-10(11)14(21)12-13(19)16(25-3)18(27-5)17(26-4)15(12)24-2/h6-8H,1-5H3. The van der Waals surface area contributed by atoms with E-state index in [-0.39, 0.29) is 39.5 Å². The lowest BCUT2D eigenvalue weighted by atomic mass is 10.1. The summed E-state index contributed by atoms with van der Waals surface area (Å²) in [6.07, 6.45) is 0. The van der Waals surface area contributed by atoms with E-state index in [9.17, 15) is 14.9 Å². The van der Waals surface area contributed by atoms with Crippen LogP contribution in [-0.2, 0) is 7.05 Å². The van der Waals surface area contributed by atoms with Gasteiger partial charge in [0.25, 0.3) is 5.69 Å². The van der Waals surface area contributed by atoms with Gasteiger partial charge >= 0.3 is 0 Å². The molecule has 27 heavy (non-hydrogen) atoms. The maximum Gasteiger partial charge on any atom is 0.271 e. The summed E-state index contributed by atoms with van der Waals surface area (Å²) < 4.78 is 23.4. The number of hydrogen-bond acceptors (Lipinski definition) is 7. The number of rotatable bonds is 5. The van der Waals surface area contributed by atoms with E-state index in [1.807, 2.05) is 0 Å². The molecular weight excluding hydrogens is 356 g/mol. The predicted octanol–water partition coefficient (Wildman–Crippen LogP) is 2.63. The fourth-order valence-electron chi connectivity index (χ4n) is 3.29. The van der Waals surface area contributed by atoms with Crippen molar-refractivity contribution in [3.05, 3.63) is 38.5 Å². The number of non-ortho nitro benzene ring substituents is 1. The van der Waals surface area contributed by atoms with Crippen LogP contribution in [0, 0.1) is 10.1 Å². The van der Waals surface area contributed by atoms with Crippen molar-refractivity contribution in [2.45, 2.75) is 0 Å². The van der Waals surface area contributed by atoms with Gasteiger partial charge in [-0.05, 0) is 6.07 Å². The minimum atomic E-state index is -0.513. The first-order chi connectivity index (χ1) is 12.9. The quantitative estimate of drug-likeness (QED) is 0.384. The summed E-state index contributed by atoms with van der Waals surface area (Å²) in [6, 6.07) is 4.07. The average molecular weight is 374 g/mol. The summed E-state index contributed by atoms with van der Waals surface area (Å²) in [4.78, 5) is 23.9. The molecule has 0 saturated heterocycles. The monoisotopic (exact) mass is 374 g/mol. The molecule has 0 N–H and O–H groups in total. The van der Waals surface area contributed by atoms with Crippen LogP contribution in [0.1, 0.15) is 0 Å². The van der Waals surface area contributed by atoms with Crippen LogP contribution in [0.3, 0.4) is 0 Å². The lowest BCUT2D eigenvalue weighted by molar-refractivity contribution is -0.384. The Morgan fingerprint density at radius 2 is 1.48 bits per heavy atom. The summed E-state index contributed by atoms with van der Waals surface area (Å²) in [5.74, 6) is 0.941. The first kappa shape index (κ1) is 18.3. The molecule has 0 aliphatic heterocycles. The van der Waals surface area contributed by atoms with E-state index in [1.54, 1.807) is 11.6 Å². The van der Waals surface area contributed by atoms with Crippen LogP contribution in [0.4, 0.5) is 5.69 Å². The number of ether oxygens (including phenoxy) is 4. The third-order valence-corrected chi connectivity index (χ3v) is 4.47. The normalized spacial score (nSPS) is 10.9. The van der Waals surface area contributed by atoms with Crippen molar-refractivity contribution in [2.24, 2.45) is 7.05 Å². The predicted molar refractivity (Wildman–Crippen MR) is 99.6 cm³/mol. The third-order valence-electron chi connectivity index (χ3n) is 4.47. The number of aromatic nitrogens is 1. The van der Waals surface area contributed by atoms with Crippen molar-refractivity contribution in [1.82, 2.24) is 4.57 Å². The molecule has 0 spiro atoms. The Morgan fingerprint density at radius 1 is 0.926 bits per heavy atom. The van der Waals surface area contributed by atoms with Crippen LogP contribution >= 0.6 is 0 Å². The molecule has 0 radical (unpaired) electrons. The van der Waals surface area contributed by atoms with Gasteiger partial charge in [-0.3, -0.25) is 14.9 Å². The molecule has 0 atom stereocenters. The van der Waals surface area contributed by atoms with Gasteiger partial charge in [0.2, 0.25) is 16.9 Å². The number of nitro benzene ring substituents is 1. The Labute approximate surface area is 153 Å². The van der Waals surface area contributed by atoms with E-state index in [2.05, 4.69) is 0 Å². The van der Waals surface area contributed by atoms with Gasteiger partial charge in [0.1, 0.15) is 5.52 Å². The van der Waals surface area contributed by atoms with Crippen LogP contribution < -0.4 is 24.4 Å². The number of fused-ring (bicyclic) bond motifs is 2. The van der Waals surface area contributed by atoms with Crippen LogP contribution in [0.15, 0.2) is 23.0 Å². The number of nitrogens with zero attached hydrogens (tertiary/aromatic N) is 2. The average Bonchev–Trinajstić information content (AvgIpc) is 2.68. The molecule has 0 aliphatic rings. The molecule has 0 amide bonds. The number of pyridine rings is 1. The molecule has 3 rings (SSSR count). The van der Waals surface area contributed by atoms with Crippen LogP contribution in [-0.4, -0.2) is 37.9 Å². The summed E-state index contributed by atoms with van der Waals surface area (Å²) in [5.41, 5.74) is 0.284. The second kappa shape index (κ2) is 6.67. The van der Waals surface area contributed by atoms with Gasteiger partial charge in [-0.2, -0.15) is 0 Å². The van der Waals surface area contributed by atoms with Gasteiger partial charge < -0.3 is 23.5 Å². The van der Waals surface area contributed by atoms with Gasteiger partial charge in [0, 0.05) is 24.6 Å². The second-order valence-corrected chi connectivity index (χ2v) is 5.70. The maximum absolute atomic E-state index is 13.2. The lowest BCUT2D eigenvalue weighted by Gasteiger charge is -2.20. The molecule has 0 saturated carbocycles. The number of nitro groups is 1. The van der Waals surface area contributed by atoms with Crippen molar-refractivity contribution >= 4 is 27.5 Å². The van der Waals surface area contributed by atoms with Crippen LogP contribution in [0.2, 0.25) is 0 Å². The summed E-state index contributed by atoms with van der Waals surface area (Å²) in [6.45, 7) is 0. The molecule has 0 bridgehead atoms. The van der Waals surface area contributed by atoms with Crippen molar-refractivity contribution < 1.29 is 23.9 Å². The fourth-order valence-corrected chi connectivity index (χ4v) is 3.29. The van der Waals surface area contributed by atoms with Crippen molar-refractivity contribution in [3.8, 4) is 23.0 Å². The molecule has 142 valence electrons. The number of hydrogen-bond donors (Lipinski definition) is 0. The molecule has 1 aromatic heterocycles. The van der Waals surface area contributed by atoms with Gasteiger partial charge in [-0.25, -0.2) is 0 Å². The highest BCUT2D eigenvalue weighted by Gasteiger charge is 2.27. The van der Waals surface area contributed by atoms with Gasteiger partial charge in [-0.1, -0.05) is 0 Å². The van der Waals surface area contributed by atoms with E-state index in [1.165, 1.54) is 46.6 Å². The molecule has 1 heterocycles. The van der Waals surface area contributed by atoms with Crippen molar-refractivity contribution in [2.75, 3.05) is 28.4 Å². The largest absolute Gasteiger partial charge is 0.492 e. The van der Waals surface area contributed by atoms with Gasteiger partial charge in [0.05, 0.1) is 44.3 Å². The topological polar surface area (TPSA) is 102 Å². The first-order valence-corrected chi connectivity index (χ1v) is 7.87. The Bertz CT molecular complexity index is 1130. The highest BCUT2D eigenvalue weighted by atomic mass is 16.6. The zero-order chi connectivity index (χ0) is 19.9. The van der Waals surface area contributed by atoms with Crippen molar-refractivity contribution in [3.63, 3.8) is 0 Å². The molecular formula is C18H18N2O7. The molecule has 3 aromatic rings. The number of methoxy groups -OCH3 is 4. The SMILES string of the molecule is COc1c(OC)c(OC)c2c(c1OC)c(=O)c1ccc([N+](=O)[O-])cc1n2C.